The first-order chi connectivity index (χ1) is 23.4. The maximum Gasteiger partial charge on any atom is 0.258 e. The lowest BCUT2D eigenvalue weighted by Crippen LogP contribution is -2.48. The van der Waals surface area contributed by atoms with E-state index in [-0.39, 0.29) is 18.4 Å². The van der Waals surface area contributed by atoms with E-state index in [1.807, 2.05) is 34.1 Å². The molecule has 48 heavy (non-hydrogen) atoms. The summed E-state index contributed by atoms with van der Waals surface area (Å²) in [5.74, 6) is 0.455. The van der Waals surface area contributed by atoms with Gasteiger partial charge in [0.1, 0.15) is 17.5 Å². The fraction of sp³-hybridized carbons (Fsp3) is 0.250. The second kappa shape index (κ2) is 13.2. The number of fused-ring (bicyclic) bond motifs is 1. The Labute approximate surface area is 277 Å². The van der Waals surface area contributed by atoms with Crippen molar-refractivity contribution in [1.82, 2.24) is 34.9 Å². The lowest BCUT2D eigenvalue weighted by Gasteiger charge is -2.30. The van der Waals surface area contributed by atoms with Crippen molar-refractivity contribution in [3.05, 3.63) is 96.6 Å². The Kier molecular flexibility index (Phi) is 8.46. The molecule has 0 bridgehead atoms. The molecule has 1 atom stereocenters. The highest BCUT2D eigenvalue weighted by atomic mass is 16.5. The van der Waals surface area contributed by atoms with E-state index < -0.39 is 5.60 Å². The normalized spacial score (nSPS) is 18.0. The van der Waals surface area contributed by atoms with Crippen LogP contribution in [0.1, 0.15) is 24.1 Å². The molecule has 0 saturated carbocycles. The smallest absolute Gasteiger partial charge is 0.258 e. The van der Waals surface area contributed by atoms with Gasteiger partial charge < -0.3 is 15.0 Å². The van der Waals surface area contributed by atoms with E-state index in [0.717, 1.165) is 34.0 Å². The molecule has 2 amide bonds. The number of nitrogens with zero attached hydrogens (tertiary/aromatic N) is 7. The average Bonchev–Trinajstić information content (AvgIpc) is 3.77. The third-order valence-corrected chi connectivity index (χ3v) is 9.08. The Balaban J connectivity index is 0.966. The summed E-state index contributed by atoms with van der Waals surface area (Å²) in [5.41, 5.74) is 5.29. The van der Waals surface area contributed by atoms with Crippen molar-refractivity contribution < 1.29 is 14.3 Å². The molecule has 3 aromatic heterocycles. The number of hydrogen-bond donors (Lipinski definition) is 2. The number of aromatic nitrogens is 5. The number of aromatic amines is 1. The van der Waals surface area contributed by atoms with Crippen LogP contribution < -0.4 is 5.32 Å². The minimum atomic E-state index is -1.09. The van der Waals surface area contributed by atoms with E-state index in [9.17, 15) is 14.9 Å². The Morgan fingerprint density at radius 3 is 2.56 bits per heavy atom. The summed E-state index contributed by atoms with van der Waals surface area (Å²) in [6.45, 7) is 2.26. The van der Waals surface area contributed by atoms with Gasteiger partial charge in [-0.3, -0.25) is 19.6 Å². The van der Waals surface area contributed by atoms with Gasteiger partial charge in [0.2, 0.25) is 5.91 Å². The highest BCUT2D eigenvalue weighted by Gasteiger charge is 2.45. The highest BCUT2D eigenvalue weighted by Crippen LogP contribution is 2.31. The molecular formula is C36H33N9O3. The standard InChI is InChI=1S/C36H33N9O3/c1-48-36(35(47)41-28-7-8-31-30(20-28)33(43-42-31)27-9-15-38-29(19-27)21-37)12-18-44(23-36)22-32(46)45-16-10-25(11-17-45)24-3-5-26(6-4-24)34-39-13-2-14-40-34/h2-10,13-15,19-20H,11-12,16-18,22-23H2,1H3,(H,41,47)(H,42,43)/t36-/m0/s1. The van der Waals surface area contributed by atoms with Crippen molar-refractivity contribution in [2.45, 2.75) is 18.4 Å². The summed E-state index contributed by atoms with van der Waals surface area (Å²) < 4.78 is 5.83. The Morgan fingerprint density at radius 1 is 1.00 bits per heavy atom. The second-order valence-corrected chi connectivity index (χ2v) is 12.0. The molecule has 0 radical (unpaired) electrons. The molecule has 0 aliphatic carbocycles. The molecule has 0 spiro atoms. The van der Waals surface area contributed by atoms with Gasteiger partial charge in [-0.1, -0.05) is 30.3 Å². The number of nitriles is 1. The van der Waals surface area contributed by atoms with Crippen molar-refractivity contribution in [3.63, 3.8) is 0 Å². The summed E-state index contributed by atoms with van der Waals surface area (Å²) in [4.78, 5) is 43.5. The predicted molar refractivity (Wildman–Crippen MR) is 180 cm³/mol. The van der Waals surface area contributed by atoms with Crippen molar-refractivity contribution >= 4 is 34.0 Å². The number of benzene rings is 2. The number of carbonyl (C=O) groups is 2. The van der Waals surface area contributed by atoms with Crippen LogP contribution in [0, 0.1) is 11.3 Å². The lowest BCUT2D eigenvalue weighted by atomic mass is 9.98. The van der Waals surface area contributed by atoms with E-state index in [2.05, 4.69) is 54.7 Å². The number of carbonyl (C=O) groups excluding carboxylic acids is 2. The predicted octanol–water partition coefficient (Wildman–Crippen LogP) is 4.30. The quantitative estimate of drug-likeness (QED) is 0.253. The molecule has 2 aliphatic rings. The summed E-state index contributed by atoms with van der Waals surface area (Å²) in [5, 5.41) is 20.5. The third kappa shape index (κ3) is 6.16. The number of rotatable bonds is 8. The van der Waals surface area contributed by atoms with E-state index in [0.29, 0.717) is 55.5 Å². The fourth-order valence-electron chi connectivity index (χ4n) is 6.36. The topological polar surface area (TPSA) is 153 Å². The molecule has 12 heteroatoms. The van der Waals surface area contributed by atoms with Crippen LogP contribution in [0.5, 0.6) is 0 Å². The number of ether oxygens (including phenoxy) is 1. The molecule has 2 N–H and O–H groups in total. The minimum Gasteiger partial charge on any atom is -0.367 e. The van der Waals surface area contributed by atoms with Crippen molar-refractivity contribution in [2.75, 3.05) is 45.2 Å². The zero-order chi connectivity index (χ0) is 33.1. The number of H-pyrrole nitrogens is 1. The number of anilines is 1. The van der Waals surface area contributed by atoms with Crippen LogP contribution >= 0.6 is 0 Å². The fourth-order valence-corrected chi connectivity index (χ4v) is 6.36. The molecule has 1 fully saturated rings. The first-order valence-corrected chi connectivity index (χ1v) is 15.7. The Hall–Kier alpha value is -5.77. The van der Waals surface area contributed by atoms with Crippen molar-refractivity contribution in [1.29, 1.82) is 5.26 Å². The second-order valence-electron chi connectivity index (χ2n) is 12.0. The first-order valence-electron chi connectivity index (χ1n) is 15.7. The van der Waals surface area contributed by atoms with Crippen LogP contribution in [0.3, 0.4) is 0 Å². The number of hydrogen-bond acceptors (Lipinski definition) is 9. The molecule has 240 valence electrons. The van der Waals surface area contributed by atoms with Gasteiger partial charge in [0, 0.05) is 74.1 Å². The molecule has 12 nitrogen and oxygen atoms in total. The molecule has 5 heterocycles. The van der Waals surface area contributed by atoms with Crippen LogP contribution in [0.2, 0.25) is 0 Å². The van der Waals surface area contributed by atoms with E-state index in [4.69, 9.17) is 4.74 Å². The van der Waals surface area contributed by atoms with Gasteiger partial charge in [-0.25, -0.2) is 15.0 Å². The van der Waals surface area contributed by atoms with E-state index in [1.54, 1.807) is 42.9 Å². The zero-order valence-corrected chi connectivity index (χ0v) is 26.4. The molecule has 0 unspecified atom stereocenters. The molecule has 1 saturated heterocycles. The van der Waals surface area contributed by atoms with Crippen molar-refractivity contribution in [3.8, 4) is 28.7 Å². The van der Waals surface area contributed by atoms with Gasteiger partial charge >= 0.3 is 0 Å². The number of amides is 2. The first kappa shape index (κ1) is 30.9. The van der Waals surface area contributed by atoms with Gasteiger partial charge in [0.15, 0.2) is 11.4 Å². The summed E-state index contributed by atoms with van der Waals surface area (Å²) in [7, 11) is 1.54. The van der Waals surface area contributed by atoms with Crippen LogP contribution in [0.4, 0.5) is 5.69 Å². The summed E-state index contributed by atoms with van der Waals surface area (Å²) in [6, 6.07) is 21.0. The van der Waals surface area contributed by atoms with Gasteiger partial charge in [-0.05, 0) is 60.4 Å². The summed E-state index contributed by atoms with van der Waals surface area (Å²) in [6.07, 6.45) is 8.38. The van der Waals surface area contributed by atoms with Crippen LogP contribution in [0.25, 0.3) is 39.1 Å². The number of pyridine rings is 1. The van der Waals surface area contributed by atoms with Gasteiger partial charge in [-0.15, -0.1) is 0 Å². The molecule has 5 aromatic rings. The SMILES string of the molecule is CO[C@@]1(C(=O)Nc2ccc3[nH]nc(-c4ccnc(C#N)c4)c3c2)CCN(CC(=O)N2CC=C(c3ccc(-c4ncccn4)cc3)CC2)C1. The van der Waals surface area contributed by atoms with Gasteiger partial charge in [-0.2, -0.15) is 10.4 Å². The van der Waals surface area contributed by atoms with E-state index >= 15 is 0 Å². The Morgan fingerprint density at radius 2 is 1.81 bits per heavy atom. The monoisotopic (exact) mass is 639 g/mol. The van der Waals surface area contributed by atoms with Gasteiger partial charge in [0.05, 0.1) is 12.1 Å². The summed E-state index contributed by atoms with van der Waals surface area (Å²) >= 11 is 0. The Bertz CT molecular complexity index is 2050. The van der Waals surface area contributed by atoms with E-state index in [1.165, 1.54) is 12.7 Å². The molecule has 7 rings (SSSR count). The highest BCUT2D eigenvalue weighted by molar-refractivity contribution is 6.01. The van der Waals surface area contributed by atoms with Gasteiger partial charge in [0.25, 0.3) is 5.91 Å². The molecule has 2 aliphatic heterocycles. The largest absolute Gasteiger partial charge is 0.367 e. The number of nitrogens with one attached hydrogen (secondary N) is 2. The average molecular weight is 640 g/mol. The number of likely N-dealkylation sites (tertiary alicyclic amines) is 1. The maximum atomic E-state index is 13.6. The van der Waals surface area contributed by atoms with Crippen LogP contribution in [-0.2, 0) is 14.3 Å². The van der Waals surface area contributed by atoms with Crippen molar-refractivity contribution in [2.24, 2.45) is 0 Å². The van der Waals surface area contributed by atoms with Crippen LogP contribution in [0.15, 0.2) is 85.3 Å². The zero-order valence-electron chi connectivity index (χ0n) is 26.4. The molecular weight excluding hydrogens is 606 g/mol. The molecule has 2 aromatic carbocycles. The van der Waals surface area contributed by atoms with Crippen LogP contribution in [-0.4, -0.2) is 92.2 Å². The number of methoxy groups -OCH3 is 1. The minimum absolute atomic E-state index is 0.0304. The lowest BCUT2D eigenvalue weighted by molar-refractivity contribution is -0.138. The maximum absolute atomic E-state index is 13.6. The third-order valence-electron chi connectivity index (χ3n) is 9.08.